The van der Waals surface area contributed by atoms with Gasteiger partial charge in [0.2, 0.25) is 0 Å². The number of rotatable bonds is 2. The SMILES string of the molecule is CC1(O)CCN(CC2Cc3cc(Cl)ccc3O2)CC1. The number of piperidine rings is 1. The van der Waals surface area contributed by atoms with Crippen molar-refractivity contribution in [2.24, 2.45) is 0 Å². The molecule has 3 rings (SSSR count). The van der Waals surface area contributed by atoms with Crippen molar-refractivity contribution in [2.75, 3.05) is 19.6 Å². The molecule has 104 valence electrons. The first-order chi connectivity index (χ1) is 9.02. The lowest BCUT2D eigenvalue weighted by Gasteiger charge is -2.36. The number of ether oxygens (including phenoxy) is 1. The minimum absolute atomic E-state index is 0.219. The molecule has 0 amide bonds. The van der Waals surface area contributed by atoms with Crippen molar-refractivity contribution in [3.8, 4) is 5.75 Å². The summed E-state index contributed by atoms with van der Waals surface area (Å²) in [5.74, 6) is 0.971. The van der Waals surface area contributed by atoms with E-state index in [0.29, 0.717) is 0 Å². The summed E-state index contributed by atoms with van der Waals surface area (Å²) in [5.41, 5.74) is 0.727. The number of hydrogen-bond acceptors (Lipinski definition) is 3. The van der Waals surface area contributed by atoms with E-state index in [1.807, 2.05) is 25.1 Å². The fraction of sp³-hybridized carbons (Fsp3) is 0.600. The molecule has 1 aromatic carbocycles. The molecule has 1 atom stereocenters. The van der Waals surface area contributed by atoms with Crippen molar-refractivity contribution in [2.45, 2.75) is 37.9 Å². The zero-order valence-electron chi connectivity index (χ0n) is 11.2. The Bertz CT molecular complexity index is 465. The maximum atomic E-state index is 9.95. The van der Waals surface area contributed by atoms with Gasteiger partial charge in [0.25, 0.3) is 0 Å². The summed E-state index contributed by atoms with van der Waals surface area (Å²) in [4.78, 5) is 2.39. The highest BCUT2D eigenvalue weighted by atomic mass is 35.5. The van der Waals surface area contributed by atoms with Crippen molar-refractivity contribution in [1.82, 2.24) is 4.90 Å². The van der Waals surface area contributed by atoms with E-state index in [0.717, 1.165) is 49.7 Å². The zero-order chi connectivity index (χ0) is 13.5. The molecule has 0 bridgehead atoms. The molecule has 19 heavy (non-hydrogen) atoms. The summed E-state index contributed by atoms with van der Waals surface area (Å²) in [6.45, 7) is 4.75. The van der Waals surface area contributed by atoms with Crippen LogP contribution in [0.15, 0.2) is 18.2 Å². The van der Waals surface area contributed by atoms with E-state index in [-0.39, 0.29) is 6.10 Å². The van der Waals surface area contributed by atoms with Crippen LogP contribution in [0.5, 0.6) is 5.75 Å². The fourth-order valence-electron chi connectivity index (χ4n) is 2.90. The van der Waals surface area contributed by atoms with Gasteiger partial charge in [-0.2, -0.15) is 0 Å². The third-order valence-electron chi connectivity index (χ3n) is 4.16. The van der Waals surface area contributed by atoms with Crippen LogP contribution in [0.2, 0.25) is 5.02 Å². The standard InChI is InChI=1S/C15H20ClNO2/c1-15(18)4-6-17(7-5-15)10-13-9-11-8-12(16)2-3-14(11)19-13/h2-3,8,13,18H,4-7,9-10H2,1H3. The van der Waals surface area contributed by atoms with Gasteiger partial charge in [0.1, 0.15) is 11.9 Å². The average Bonchev–Trinajstić information content (AvgIpc) is 2.73. The van der Waals surface area contributed by atoms with Crippen LogP contribution >= 0.6 is 11.6 Å². The van der Waals surface area contributed by atoms with Gasteiger partial charge < -0.3 is 9.84 Å². The first-order valence-corrected chi connectivity index (χ1v) is 7.29. The van der Waals surface area contributed by atoms with E-state index in [9.17, 15) is 5.11 Å². The van der Waals surface area contributed by atoms with E-state index >= 15 is 0 Å². The molecule has 0 spiro atoms. The summed E-state index contributed by atoms with van der Waals surface area (Å²) >= 11 is 6.00. The van der Waals surface area contributed by atoms with E-state index < -0.39 is 5.60 Å². The molecule has 0 aromatic heterocycles. The zero-order valence-corrected chi connectivity index (χ0v) is 12.0. The van der Waals surface area contributed by atoms with Crippen molar-refractivity contribution in [1.29, 1.82) is 0 Å². The maximum absolute atomic E-state index is 9.95. The molecule has 1 N–H and O–H groups in total. The highest BCUT2D eigenvalue weighted by Gasteiger charge is 2.30. The Kier molecular flexibility index (Phi) is 3.46. The Balaban J connectivity index is 1.56. The normalized spacial score (nSPS) is 25.9. The number of hydrogen-bond donors (Lipinski definition) is 1. The van der Waals surface area contributed by atoms with Crippen molar-refractivity contribution in [3.63, 3.8) is 0 Å². The van der Waals surface area contributed by atoms with Gasteiger partial charge in [-0.3, -0.25) is 4.90 Å². The van der Waals surface area contributed by atoms with E-state index in [4.69, 9.17) is 16.3 Å². The van der Waals surface area contributed by atoms with Crippen LogP contribution in [0.4, 0.5) is 0 Å². The summed E-state index contributed by atoms with van der Waals surface area (Å²) < 4.78 is 5.95. The van der Waals surface area contributed by atoms with Crippen LogP contribution in [0, 0.1) is 0 Å². The number of fused-ring (bicyclic) bond motifs is 1. The Hall–Kier alpha value is -0.770. The summed E-state index contributed by atoms with van der Waals surface area (Å²) in [7, 11) is 0. The molecule has 4 heteroatoms. The number of likely N-dealkylation sites (tertiary alicyclic amines) is 1. The van der Waals surface area contributed by atoms with Gasteiger partial charge in [-0.05, 0) is 43.5 Å². The quantitative estimate of drug-likeness (QED) is 0.904. The molecule has 3 nitrogen and oxygen atoms in total. The van der Waals surface area contributed by atoms with Crippen molar-refractivity contribution < 1.29 is 9.84 Å². The first kappa shape index (κ1) is 13.2. The monoisotopic (exact) mass is 281 g/mol. The third kappa shape index (κ3) is 3.04. The molecule has 0 saturated carbocycles. The molecule has 0 aliphatic carbocycles. The van der Waals surface area contributed by atoms with E-state index in [1.165, 1.54) is 5.56 Å². The van der Waals surface area contributed by atoms with Crippen LogP contribution < -0.4 is 4.74 Å². The van der Waals surface area contributed by atoms with Gasteiger partial charge in [0.15, 0.2) is 0 Å². The van der Waals surface area contributed by atoms with Gasteiger partial charge in [0, 0.05) is 31.1 Å². The van der Waals surface area contributed by atoms with Gasteiger partial charge in [-0.15, -0.1) is 0 Å². The average molecular weight is 282 g/mol. The Morgan fingerprint density at radius 2 is 2.16 bits per heavy atom. The second-order valence-electron chi connectivity index (χ2n) is 5.99. The molecule has 2 aliphatic heterocycles. The number of nitrogens with zero attached hydrogens (tertiary/aromatic N) is 1. The smallest absolute Gasteiger partial charge is 0.123 e. The predicted octanol–water partition coefficient (Wildman–Crippen LogP) is 2.49. The van der Waals surface area contributed by atoms with Gasteiger partial charge >= 0.3 is 0 Å². The van der Waals surface area contributed by atoms with Crippen LogP contribution in [0.25, 0.3) is 0 Å². The summed E-state index contributed by atoms with van der Waals surface area (Å²) in [5, 5.41) is 10.7. The lowest BCUT2D eigenvalue weighted by molar-refractivity contribution is -0.0123. The largest absolute Gasteiger partial charge is 0.488 e. The highest BCUT2D eigenvalue weighted by Crippen LogP contribution is 2.32. The topological polar surface area (TPSA) is 32.7 Å². The summed E-state index contributed by atoms with van der Waals surface area (Å²) in [6.07, 6.45) is 2.84. The molecule has 1 aromatic rings. The lowest BCUT2D eigenvalue weighted by Crippen LogP contribution is -2.45. The maximum Gasteiger partial charge on any atom is 0.123 e. The molecule has 1 saturated heterocycles. The second-order valence-corrected chi connectivity index (χ2v) is 6.43. The minimum atomic E-state index is -0.483. The molecule has 0 radical (unpaired) electrons. The molecule has 1 fully saturated rings. The second kappa shape index (κ2) is 4.97. The molecule has 2 aliphatic rings. The summed E-state index contributed by atoms with van der Waals surface area (Å²) in [6, 6.07) is 5.83. The van der Waals surface area contributed by atoms with Crippen molar-refractivity contribution >= 4 is 11.6 Å². The van der Waals surface area contributed by atoms with Crippen molar-refractivity contribution in [3.05, 3.63) is 28.8 Å². The van der Waals surface area contributed by atoms with Crippen LogP contribution in [-0.2, 0) is 6.42 Å². The molecular formula is C15H20ClNO2. The predicted molar refractivity (Wildman–Crippen MR) is 75.9 cm³/mol. The number of aliphatic hydroxyl groups is 1. The third-order valence-corrected chi connectivity index (χ3v) is 4.39. The first-order valence-electron chi connectivity index (χ1n) is 6.92. The molecule has 2 heterocycles. The number of benzene rings is 1. The number of halogens is 1. The van der Waals surface area contributed by atoms with Crippen LogP contribution in [0.1, 0.15) is 25.3 Å². The Morgan fingerprint density at radius 3 is 2.89 bits per heavy atom. The Morgan fingerprint density at radius 1 is 1.42 bits per heavy atom. The minimum Gasteiger partial charge on any atom is -0.488 e. The fourth-order valence-corrected chi connectivity index (χ4v) is 3.09. The van der Waals surface area contributed by atoms with Gasteiger partial charge in [0.05, 0.1) is 5.60 Å². The van der Waals surface area contributed by atoms with Crippen LogP contribution in [-0.4, -0.2) is 41.3 Å². The van der Waals surface area contributed by atoms with E-state index in [1.54, 1.807) is 0 Å². The van der Waals surface area contributed by atoms with Gasteiger partial charge in [-0.1, -0.05) is 11.6 Å². The lowest BCUT2D eigenvalue weighted by atomic mass is 9.93. The van der Waals surface area contributed by atoms with Crippen LogP contribution in [0.3, 0.4) is 0 Å². The highest BCUT2D eigenvalue weighted by molar-refractivity contribution is 6.30. The van der Waals surface area contributed by atoms with Gasteiger partial charge in [-0.25, -0.2) is 0 Å². The molecular weight excluding hydrogens is 262 g/mol. The van der Waals surface area contributed by atoms with E-state index in [2.05, 4.69) is 4.90 Å². The Labute approximate surface area is 119 Å². The molecule has 1 unspecified atom stereocenters.